The van der Waals surface area contributed by atoms with E-state index in [-0.39, 0.29) is 5.91 Å². The third kappa shape index (κ3) is 4.15. The monoisotopic (exact) mass is 431 g/mol. The van der Waals surface area contributed by atoms with E-state index in [4.69, 9.17) is 5.10 Å². The van der Waals surface area contributed by atoms with Crippen LogP contribution in [0, 0.1) is 20.8 Å². The zero-order valence-corrected chi connectivity index (χ0v) is 19.0. The fourth-order valence-electron chi connectivity index (χ4n) is 4.02. The van der Waals surface area contributed by atoms with Gasteiger partial charge in [-0.05, 0) is 84.6 Å². The molecule has 5 aromatic rings. The molecule has 33 heavy (non-hydrogen) atoms. The highest BCUT2D eigenvalue weighted by molar-refractivity contribution is 6.03. The zero-order chi connectivity index (χ0) is 22.9. The maximum absolute atomic E-state index is 13.1. The van der Waals surface area contributed by atoms with E-state index in [2.05, 4.69) is 61.6 Å². The van der Waals surface area contributed by atoms with E-state index in [1.807, 2.05) is 60.1 Å². The SMILES string of the molecule is Cc1cccc(-n2nc(C(=O)Nc3ccc(C)c(C)c3)cc2-c2ccc3ccccc3c2)c1. The van der Waals surface area contributed by atoms with Crippen molar-refractivity contribution in [1.82, 2.24) is 9.78 Å². The lowest BCUT2D eigenvalue weighted by Crippen LogP contribution is -2.13. The van der Waals surface area contributed by atoms with E-state index in [1.54, 1.807) is 0 Å². The van der Waals surface area contributed by atoms with Crippen molar-refractivity contribution >= 4 is 22.4 Å². The second-order valence-corrected chi connectivity index (χ2v) is 8.48. The predicted octanol–water partition coefficient (Wildman–Crippen LogP) is 6.87. The van der Waals surface area contributed by atoms with Crippen molar-refractivity contribution in [3.63, 3.8) is 0 Å². The Morgan fingerprint density at radius 1 is 0.758 bits per heavy atom. The normalized spacial score (nSPS) is 11.0. The van der Waals surface area contributed by atoms with Gasteiger partial charge in [0.15, 0.2) is 5.69 Å². The summed E-state index contributed by atoms with van der Waals surface area (Å²) in [5, 5.41) is 10.0. The fourth-order valence-corrected chi connectivity index (χ4v) is 4.02. The molecule has 0 radical (unpaired) electrons. The van der Waals surface area contributed by atoms with Crippen molar-refractivity contribution in [1.29, 1.82) is 0 Å². The highest BCUT2D eigenvalue weighted by Crippen LogP contribution is 2.28. The molecule has 1 N–H and O–H groups in total. The smallest absolute Gasteiger partial charge is 0.276 e. The minimum atomic E-state index is -0.230. The molecule has 4 aromatic carbocycles. The summed E-state index contributed by atoms with van der Waals surface area (Å²) in [6.07, 6.45) is 0. The number of benzene rings is 4. The summed E-state index contributed by atoms with van der Waals surface area (Å²) in [4.78, 5) is 13.1. The van der Waals surface area contributed by atoms with Gasteiger partial charge in [0.25, 0.3) is 5.91 Å². The van der Waals surface area contributed by atoms with Gasteiger partial charge in [-0.1, -0.05) is 54.6 Å². The zero-order valence-electron chi connectivity index (χ0n) is 19.0. The van der Waals surface area contributed by atoms with E-state index in [9.17, 15) is 4.79 Å². The second-order valence-electron chi connectivity index (χ2n) is 8.48. The second kappa shape index (κ2) is 8.40. The average molecular weight is 432 g/mol. The molecule has 0 spiro atoms. The highest BCUT2D eigenvalue weighted by atomic mass is 16.1. The van der Waals surface area contributed by atoms with Crippen LogP contribution in [0.5, 0.6) is 0 Å². The number of fused-ring (bicyclic) bond motifs is 1. The van der Waals surface area contributed by atoms with Crippen LogP contribution in [0.4, 0.5) is 5.69 Å². The lowest BCUT2D eigenvalue weighted by atomic mass is 10.0. The summed E-state index contributed by atoms with van der Waals surface area (Å²) in [6.45, 7) is 6.14. The van der Waals surface area contributed by atoms with E-state index >= 15 is 0 Å². The Hall–Kier alpha value is -4.18. The molecule has 0 aliphatic heterocycles. The average Bonchev–Trinajstić information content (AvgIpc) is 3.27. The first-order valence-corrected chi connectivity index (χ1v) is 11.0. The van der Waals surface area contributed by atoms with Crippen molar-refractivity contribution in [2.75, 3.05) is 5.32 Å². The van der Waals surface area contributed by atoms with Crippen LogP contribution in [-0.2, 0) is 0 Å². The van der Waals surface area contributed by atoms with Crippen molar-refractivity contribution in [2.24, 2.45) is 0 Å². The van der Waals surface area contributed by atoms with Crippen LogP contribution in [0.15, 0.2) is 91.0 Å². The minimum Gasteiger partial charge on any atom is -0.321 e. The number of anilines is 1. The lowest BCUT2D eigenvalue weighted by molar-refractivity contribution is 0.102. The molecule has 0 aliphatic rings. The number of amides is 1. The number of carbonyl (C=O) groups is 1. The molecule has 0 aliphatic carbocycles. The third-order valence-electron chi connectivity index (χ3n) is 6.00. The summed E-state index contributed by atoms with van der Waals surface area (Å²) in [5.41, 5.74) is 7.39. The molecule has 4 nitrogen and oxygen atoms in total. The molecule has 1 amide bonds. The van der Waals surface area contributed by atoms with Crippen molar-refractivity contribution in [3.05, 3.63) is 113 Å². The number of aryl methyl sites for hydroxylation is 3. The molecule has 0 saturated carbocycles. The molecule has 162 valence electrons. The first kappa shape index (κ1) is 20.7. The maximum Gasteiger partial charge on any atom is 0.276 e. The van der Waals surface area contributed by atoms with Crippen molar-refractivity contribution in [3.8, 4) is 16.9 Å². The van der Waals surface area contributed by atoms with Gasteiger partial charge in [-0.15, -0.1) is 0 Å². The van der Waals surface area contributed by atoms with Gasteiger partial charge < -0.3 is 5.32 Å². The van der Waals surface area contributed by atoms with Crippen LogP contribution in [0.1, 0.15) is 27.2 Å². The summed E-state index contributed by atoms with van der Waals surface area (Å²) in [5.74, 6) is -0.230. The number of rotatable bonds is 4. The molecule has 0 unspecified atom stereocenters. The first-order chi connectivity index (χ1) is 16.0. The van der Waals surface area contributed by atoms with Gasteiger partial charge >= 0.3 is 0 Å². The molecule has 0 bridgehead atoms. The minimum absolute atomic E-state index is 0.230. The summed E-state index contributed by atoms with van der Waals surface area (Å²) < 4.78 is 1.85. The molecule has 0 fully saturated rings. The Morgan fingerprint density at radius 2 is 1.58 bits per heavy atom. The van der Waals surface area contributed by atoms with Gasteiger partial charge in [0.2, 0.25) is 0 Å². The van der Waals surface area contributed by atoms with Gasteiger partial charge in [0.1, 0.15) is 0 Å². The van der Waals surface area contributed by atoms with E-state index in [1.165, 1.54) is 10.9 Å². The first-order valence-electron chi connectivity index (χ1n) is 11.0. The van der Waals surface area contributed by atoms with E-state index < -0.39 is 0 Å². The van der Waals surface area contributed by atoms with Crippen LogP contribution in [-0.4, -0.2) is 15.7 Å². The summed E-state index contributed by atoms with van der Waals surface area (Å²) in [7, 11) is 0. The standard InChI is InChI=1S/C29H25N3O/c1-19-7-6-10-26(15-19)32-28(24-13-12-22-8-4-5-9-23(22)17-24)18-27(31-32)29(33)30-25-14-11-20(2)21(3)16-25/h4-18H,1-3H3,(H,30,33). The molecular weight excluding hydrogens is 406 g/mol. The Balaban J connectivity index is 1.59. The Morgan fingerprint density at radius 3 is 2.36 bits per heavy atom. The van der Waals surface area contributed by atoms with Gasteiger partial charge in [-0.3, -0.25) is 4.79 Å². The topological polar surface area (TPSA) is 46.9 Å². The van der Waals surface area contributed by atoms with E-state index in [0.29, 0.717) is 5.69 Å². The molecule has 0 saturated heterocycles. The number of aromatic nitrogens is 2. The number of nitrogens with zero attached hydrogens (tertiary/aromatic N) is 2. The molecule has 5 rings (SSSR count). The quantitative estimate of drug-likeness (QED) is 0.337. The number of hydrogen-bond donors (Lipinski definition) is 1. The van der Waals surface area contributed by atoms with Crippen LogP contribution >= 0.6 is 0 Å². The Labute approximate surface area is 193 Å². The van der Waals surface area contributed by atoms with Gasteiger partial charge in [-0.25, -0.2) is 4.68 Å². The number of carbonyl (C=O) groups excluding carboxylic acids is 1. The molecule has 1 heterocycles. The molecule has 4 heteroatoms. The third-order valence-corrected chi connectivity index (χ3v) is 6.00. The Bertz CT molecular complexity index is 1500. The van der Waals surface area contributed by atoms with Gasteiger partial charge in [-0.2, -0.15) is 5.10 Å². The fraction of sp³-hybridized carbons (Fsp3) is 0.103. The lowest BCUT2D eigenvalue weighted by Gasteiger charge is -2.09. The molecule has 1 aromatic heterocycles. The summed E-state index contributed by atoms with van der Waals surface area (Å²) in [6, 6.07) is 30.5. The molecule has 0 atom stereocenters. The van der Waals surface area contributed by atoms with Crippen LogP contribution < -0.4 is 5.32 Å². The van der Waals surface area contributed by atoms with E-state index in [0.717, 1.165) is 39.1 Å². The van der Waals surface area contributed by atoms with Gasteiger partial charge in [0, 0.05) is 11.3 Å². The van der Waals surface area contributed by atoms with Crippen LogP contribution in [0.3, 0.4) is 0 Å². The largest absolute Gasteiger partial charge is 0.321 e. The number of hydrogen-bond acceptors (Lipinski definition) is 2. The molecular formula is C29H25N3O. The van der Waals surface area contributed by atoms with Gasteiger partial charge in [0.05, 0.1) is 11.4 Å². The van der Waals surface area contributed by atoms with Crippen molar-refractivity contribution in [2.45, 2.75) is 20.8 Å². The maximum atomic E-state index is 13.1. The predicted molar refractivity (Wildman–Crippen MR) is 135 cm³/mol. The van der Waals surface area contributed by atoms with Crippen LogP contribution in [0.25, 0.3) is 27.7 Å². The number of nitrogens with one attached hydrogen (secondary N) is 1. The van der Waals surface area contributed by atoms with Crippen molar-refractivity contribution < 1.29 is 4.79 Å². The Kier molecular flexibility index (Phi) is 5.27. The summed E-state index contributed by atoms with van der Waals surface area (Å²) >= 11 is 0. The van der Waals surface area contributed by atoms with Crippen LogP contribution in [0.2, 0.25) is 0 Å². The highest BCUT2D eigenvalue weighted by Gasteiger charge is 2.18.